The van der Waals surface area contributed by atoms with E-state index in [4.69, 9.17) is 4.74 Å². The predicted octanol–water partition coefficient (Wildman–Crippen LogP) is 3.72. The third kappa shape index (κ3) is 4.87. The highest BCUT2D eigenvalue weighted by Gasteiger charge is 2.09. The second kappa shape index (κ2) is 8.21. The first-order valence-electron chi connectivity index (χ1n) is 7.85. The largest absolute Gasteiger partial charge is 0.492 e. The number of aryl methyl sites for hydroxylation is 2. The number of rotatable bonds is 8. The smallest absolute Gasteiger partial charge is 0.119 e. The van der Waals surface area contributed by atoms with Gasteiger partial charge in [-0.1, -0.05) is 25.8 Å². The van der Waals surface area contributed by atoms with Crippen molar-refractivity contribution in [2.24, 2.45) is 0 Å². The molecule has 0 atom stereocenters. The summed E-state index contributed by atoms with van der Waals surface area (Å²) in [5, 5.41) is 3.43. The normalized spacial score (nSPS) is 14.2. The molecule has 0 radical (unpaired) electrons. The third-order valence-electron chi connectivity index (χ3n) is 3.82. The van der Waals surface area contributed by atoms with Crippen LogP contribution in [0.1, 0.15) is 50.2 Å². The van der Waals surface area contributed by atoms with Crippen LogP contribution >= 0.6 is 0 Å². The zero-order valence-electron chi connectivity index (χ0n) is 12.2. The summed E-state index contributed by atoms with van der Waals surface area (Å²) in [5.41, 5.74) is 3.02. The van der Waals surface area contributed by atoms with Gasteiger partial charge in [-0.25, -0.2) is 0 Å². The minimum absolute atomic E-state index is 0.769. The zero-order chi connectivity index (χ0) is 13.3. The topological polar surface area (TPSA) is 21.3 Å². The highest BCUT2D eigenvalue weighted by Crippen LogP contribution is 2.25. The van der Waals surface area contributed by atoms with Crippen LogP contribution in [0.3, 0.4) is 0 Å². The van der Waals surface area contributed by atoms with Gasteiger partial charge < -0.3 is 10.1 Å². The Morgan fingerprint density at radius 1 is 1.05 bits per heavy atom. The molecule has 1 aromatic carbocycles. The predicted molar refractivity (Wildman–Crippen MR) is 81.0 cm³/mol. The van der Waals surface area contributed by atoms with Crippen molar-refractivity contribution in [2.45, 2.75) is 51.9 Å². The first-order chi connectivity index (χ1) is 9.40. The molecule has 0 spiro atoms. The third-order valence-corrected chi connectivity index (χ3v) is 3.82. The molecule has 1 aromatic rings. The first-order valence-corrected chi connectivity index (χ1v) is 7.85. The molecule has 0 aliphatic heterocycles. The number of fused-ring (bicyclic) bond motifs is 1. The standard InChI is InChI=1S/C17H27NO/c1-2-3-6-11-18-12-13-19-17-10-9-15-7-4-5-8-16(15)14-17/h9-10,14,18H,2-8,11-13H2,1H3. The lowest BCUT2D eigenvalue weighted by Crippen LogP contribution is -2.22. The van der Waals surface area contributed by atoms with E-state index in [1.54, 1.807) is 0 Å². The summed E-state index contributed by atoms with van der Waals surface area (Å²) >= 11 is 0. The average Bonchev–Trinajstić information content (AvgIpc) is 2.46. The fourth-order valence-corrected chi connectivity index (χ4v) is 2.67. The Kier molecular flexibility index (Phi) is 6.22. The number of hydrogen-bond donors (Lipinski definition) is 1. The van der Waals surface area contributed by atoms with Crippen molar-refractivity contribution in [3.8, 4) is 5.75 Å². The van der Waals surface area contributed by atoms with Crippen LogP contribution in [0.15, 0.2) is 18.2 Å². The van der Waals surface area contributed by atoms with E-state index in [2.05, 4.69) is 30.4 Å². The lowest BCUT2D eigenvalue weighted by molar-refractivity contribution is 0.313. The Morgan fingerprint density at radius 2 is 1.89 bits per heavy atom. The van der Waals surface area contributed by atoms with Crippen molar-refractivity contribution in [1.29, 1.82) is 0 Å². The summed E-state index contributed by atoms with van der Waals surface area (Å²) in [4.78, 5) is 0. The Morgan fingerprint density at radius 3 is 2.74 bits per heavy atom. The first kappa shape index (κ1) is 14.4. The molecule has 2 rings (SSSR count). The minimum Gasteiger partial charge on any atom is -0.492 e. The van der Waals surface area contributed by atoms with E-state index in [1.165, 1.54) is 56.1 Å². The summed E-state index contributed by atoms with van der Waals surface area (Å²) in [6.07, 6.45) is 9.02. The summed E-state index contributed by atoms with van der Waals surface area (Å²) in [6.45, 7) is 5.06. The van der Waals surface area contributed by atoms with Gasteiger partial charge in [0.25, 0.3) is 0 Å². The van der Waals surface area contributed by atoms with Gasteiger partial charge in [0.05, 0.1) is 0 Å². The van der Waals surface area contributed by atoms with Crippen molar-refractivity contribution >= 4 is 0 Å². The quantitative estimate of drug-likeness (QED) is 0.720. The highest BCUT2D eigenvalue weighted by atomic mass is 16.5. The molecule has 2 nitrogen and oxygen atoms in total. The van der Waals surface area contributed by atoms with Gasteiger partial charge in [-0.05, 0) is 61.9 Å². The van der Waals surface area contributed by atoms with Gasteiger partial charge in [0.1, 0.15) is 12.4 Å². The van der Waals surface area contributed by atoms with Crippen LogP contribution in [0.2, 0.25) is 0 Å². The molecule has 1 N–H and O–H groups in total. The maximum absolute atomic E-state index is 5.82. The molecule has 1 aliphatic rings. The fraction of sp³-hybridized carbons (Fsp3) is 0.647. The molecule has 0 fully saturated rings. The molecule has 0 aromatic heterocycles. The van der Waals surface area contributed by atoms with E-state index >= 15 is 0 Å². The molecular weight excluding hydrogens is 234 g/mol. The van der Waals surface area contributed by atoms with Crippen LogP contribution in [0.25, 0.3) is 0 Å². The monoisotopic (exact) mass is 261 g/mol. The van der Waals surface area contributed by atoms with Gasteiger partial charge in [0, 0.05) is 6.54 Å². The molecule has 0 bridgehead atoms. The number of hydrogen-bond acceptors (Lipinski definition) is 2. The number of unbranched alkanes of at least 4 members (excludes halogenated alkanes) is 2. The minimum atomic E-state index is 0.769. The van der Waals surface area contributed by atoms with Crippen molar-refractivity contribution in [1.82, 2.24) is 5.32 Å². The number of benzene rings is 1. The molecule has 2 heteroatoms. The van der Waals surface area contributed by atoms with Crippen LogP contribution in [0, 0.1) is 0 Å². The van der Waals surface area contributed by atoms with Gasteiger partial charge in [0.2, 0.25) is 0 Å². The lowest BCUT2D eigenvalue weighted by atomic mass is 9.92. The van der Waals surface area contributed by atoms with E-state index in [0.29, 0.717) is 0 Å². The second-order valence-electron chi connectivity index (χ2n) is 5.44. The number of ether oxygens (including phenoxy) is 1. The van der Waals surface area contributed by atoms with Gasteiger partial charge in [0.15, 0.2) is 0 Å². The van der Waals surface area contributed by atoms with Crippen molar-refractivity contribution in [3.63, 3.8) is 0 Å². The molecule has 0 saturated carbocycles. The molecule has 0 amide bonds. The molecule has 0 unspecified atom stereocenters. The summed E-state index contributed by atoms with van der Waals surface area (Å²) in [7, 11) is 0. The van der Waals surface area contributed by atoms with Crippen LogP contribution < -0.4 is 10.1 Å². The molecule has 0 heterocycles. The van der Waals surface area contributed by atoms with E-state index in [-0.39, 0.29) is 0 Å². The average molecular weight is 261 g/mol. The number of nitrogens with one attached hydrogen (secondary N) is 1. The summed E-state index contributed by atoms with van der Waals surface area (Å²) in [5.74, 6) is 1.04. The fourth-order valence-electron chi connectivity index (χ4n) is 2.67. The Labute approximate surface area is 117 Å². The maximum atomic E-state index is 5.82. The maximum Gasteiger partial charge on any atom is 0.119 e. The zero-order valence-corrected chi connectivity index (χ0v) is 12.2. The summed E-state index contributed by atoms with van der Waals surface area (Å²) < 4.78 is 5.82. The van der Waals surface area contributed by atoms with Gasteiger partial charge in [-0.3, -0.25) is 0 Å². The van der Waals surface area contributed by atoms with E-state index in [0.717, 1.165) is 25.4 Å². The van der Waals surface area contributed by atoms with Gasteiger partial charge >= 0.3 is 0 Å². The lowest BCUT2D eigenvalue weighted by Gasteiger charge is -2.16. The molecule has 1 aliphatic carbocycles. The van der Waals surface area contributed by atoms with Crippen molar-refractivity contribution in [2.75, 3.05) is 19.7 Å². The van der Waals surface area contributed by atoms with Crippen LogP contribution in [0.5, 0.6) is 5.75 Å². The van der Waals surface area contributed by atoms with Crippen LogP contribution in [-0.2, 0) is 12.8 Å². The Bertz CT molecular complexity index is 376. The molecular formula is C17H27NO. The van der Waals surface area contributed by atoms with E-state index in [1.807, 2.05) is 0 Å². The highest BCUT2D eigenvalue weighted by molar-refractivity contribution is 5.37. The van der Waals surface area contributed by atoms with Crippen LogP contribution in [0.4, 0.5) is 0 Å². The summed E-state index contributed by atoms with van der Waals surface area (Å²) in [6, 6.07) is 6.62. The SMILES string of the molecule is CCCCCNCCOc1ccc2c(c1)CCCC2. The van der Waals surface area contributed by atoms with Gasteiger partial charge in [-0.2, -0.15) is 0 Å². The molecule has 106 valence electrons. The van der Waals surface area contributed by atoms with E-state index in [9.17, 15) is 0 Å². The van der Waals surface area contributed by atoms with Gasteiger partial charge in [-0.15, -0.1) is 0 Å². The molecule has 0 saturated heterocycles. The van der Waals surface area contributed by atoms with E-state index < -0.39 is 0 Å². The second-order valence-corrected chi connectivity index (χ2v) is 5.44. The van der Waals surface area contributed by atoms with Crippen molar-refractivity contribution < 1.29 is 4.74 Å². The van der Waals surface area contributed by atoms with Crippen LogP contribution in [-0.4, -0.2) is 19.7 Å². The Balaban J connectivity index is 1.66. The van der Waals surface area contributed by atoms with Crippen molar-refractivity contribution in [3.05, 3.63) is 29.3 Å². The Hall–Kier alpha value is -1.02. The molecule has 19 heavy (non-hydrogen) atoms.